The zero-order chi connectivity index (χ0) is 11.8. The van der Waals surface area contributed by atoms with E-state index >= 15 is 0 Å². The van der Waals surface area contributed by atoms with Gasteiger partial charge in [0.05, 0.1) is 12.5 Å². The van der Waals surface area contributed by atoms with Gasteiger partial charge in [0.1, 0.15) is 0 Å². The van der Waals surface area contributed by atoms with E-state index in [2.05, 4.69) is 0 Å². The second kappa shape index (κ2) is 3.70. The number of benzene rings is 1. The Labute approximate surface area is 93.5 Å². The molecule has 4 heteroatoms. The number of rotatable bonds is 3. The monoisotopic (exact) mass is 222 g/mol. The number of carbonyl (C=O) groups is 1. The predicted octanol–water partition coefficient (Wildman–Crippen LogP) is 1.91. The minimum Gasteiger partial charge on any atom is -0.504 e. The molecule has 1 fully saturated rings. The Balaban J connectivity index is 2.51. The number of aromatic hydroxyl groups is 1. The predicted molar refractivity (Wildman–Crippen MR) is 57.8 cm³/mol. The molecule has 86 valence electrons. The highest BCUT2D eigenvalue weighted by Crippen LogP contribution is 2.49. The summed E-state index contributed by atoms with van der Waals surface area (Å²) in [5.74, 6) is -0.598. The summed E-state index contributed by atoms with van der Waals surface area (Å²) in [6.07, 6.45) is 2.02. The van der Waals surface area contributed by atoms with E-state index in [-0.39, 0.29) is 5.75 Å². The van der Waals surface area contributed by atoms with Crippen molar-refractivity contribution < 1.29 is 19.7 Å². The van der Waals surface area contributed by atoms with Crippen molar-refractivity contribution in [1.29, 1.82) is 0 Å². The lowest BCUT2D eigenvalue weighted by Gasteiger charge is -2.38. The first-order chi connectivity index (χ1) is 7.62. The third-order valence-corrected chi connectivity index (χ3v) is 3.35. The Kier molecular flexibility index (Phi) is 2.50. The van der Waals surface area contributed by atoms with E-state index < -0.39 is 11.4 Å². The lowest BCUT2D eigenvalue weighted by atomic mass is 9.64. The number of carboxylic acids is 1. The van der Waals surface area contributed by atoms with Crippen molar-refractivity contribution in [2.75, 3.05) is 7.11 Å². The average molecular weight is 222 g/mol. The van der Waals surface area contributed by atoms with Crippen LogP contribution in [0, 0.1) is 0 Å². The molecule has 1 aromatic carbocycles. The molecule has 1 saturated carbocycles. The lowest BCUT2D eigenvalue weighted by Crippen LogP contribution is -2.42. The zero-order valence-electron chi connectivity index (χ0n) is 9.06. The maximum atomic E-state index is 11.3. The number of hydrogen-bond donors (Lipinski definition) is 2. The van der Waals surface area contributed by atoms with Crippen LogP contribution in [-0.2, 0) is 10.2 Å². The number of phenolic OH excluding ortho intramolecular Hbond substituents is 1. The van der Waals surface area contributed by atoms with Crippen LogP contribution in [-0.4, -0.2) is 23.3 Å². The minimum atomic E-state index is -0.918. The SMILES string of the molecule is COc1cccc(C2(C(=O)O)CCC2)c1O. The van der Waals surface area contributed by atoms with E-state index in [0.717, 1.165) is 6.42 Å². The van der Waals surface area contributed by atoms with Crippen molar-refractivity contribution in [2.45, 2.75) is 24.7 Å². The third kappa shape index (κ3) is 1.33. The molecule has 0 radical (unpaired) electrons. The molecule has 0 amide bonds. The molecule has 4 nitrogen and oxygen atoms in total. The summed E-state index contributed by atoms with van der Waals surface area (Å²) < 4.78 is 4.99. The second-order valence-electron chi connectivity index (χ2n) is 4.10. The molecule has 0 saturated heterocycles. The first-order valence-electron chi connectivity index (χ1n) is 5.21. The van der Waals surface area contributed by atoms with Gasteiger partial charge in [-0.2, -0.15) is 0 Å². The van der Waals surface area contributed by atoms with Crippen molar-refractivity contribution in [3.05, 3.63) is 23.8 Å². The first kappa shape index (κ1) is 10.8. The van der Waals surface area contributed by atoms with Gasteiger partial charge in [-0.3, -0.25) is 4.79 Å². The number of hydrogen-bond acceptors (Lipinski definition) is 3. The van der Waals surface area contributed by atoms with Gasteiger partial charge < -0.3 is 14.9 Å². The first-order valence-corrected chi connectivity index (χ1v) is 5.21. The molecule has 1 aromatic rings. The number of para-hydroxylation sites is 1. The fourth-order valence-corrected chi connectivity index (χ4v) is 2.20. The fraction of sp³-hybridized carbons (Fsp3) is 0.417. The van der Waals surface area contributed by atoms with Crippen LogP contribution >= 0.6 is 0 Å². The van der Waals surface area contributed by atoms with E-state index in [4.69, 9.17) is 4.74 Å². The molecule has 0 aliphatic heterocycles. The van der Waals surface area contributed by atoms with Crippen LogP contribution in [0.25, 0.3) is 0 Å². The number of phenols is 1. The molecular formula is C12H14O4. The van der Waals surface area contributed by atoms with Gasteiger partial charge in [-0.05, 0) is 18.9 Å². The summed E-state index contributed by atoms with van der Waals surface area (Å²) in [7, 11) is 1.45. The van der Waals surface area contributed by atoms with Crippen LogP contribution < -0.4 is 4.74 Å². The topological polar surface area (TPSA) is 66.8 Å². The quantitative estimate of drug-likeness (QED) is 0.819. The Bertz CT molecular complexity index is 421. The maximum Gasteiger partial charge on any atom is 0.314 e. The molecule has 1 aliphatic rings. The van der Waals surface area contributed by atoms with E-state index in [0.29, 0.717) is 24.2 Å². The van der Waals surface area contributed by atoms with Gasteiger partial charge in [-0.25, -0.2) is 0 Å². The molecule has 2 N–H and O–H groups in total. The highest BCUT2D eigenvalue weighted by molar-refractivity contribution is 5.84. The van der Waals surface area contributed by atoms with Crippen LogP contribution in [0.1, 0.15) is 24.8 Å². The smallest absolute Gasteiger partial charge is 0.314 e. The van der Waals surface area contributed by atoms with Gasteiger partial charge >= 0.3 is 5.97 Å². The summed E-state index contributed by atoms with van der Waals surface area (Å²) in [6.45, 7) is 0. The van der Waals surface area contributed by atoms with Gasteiger partial charge in [-0.15, -0.1) is 0 Å². The maximum absolute atomic E-state index is 11.3. The van der Waals surface area contributed by atoms with Crippen LogP contribution in [0.15, 0.2) is 18.2 Å². The van der Waals surface area contributed by atoms with E-state index in [1.807, 2.05) is 0 Å². The Morgan fingerprint density at radius 1 is 1.44 bits per heavy atom. The molecule has 2 rings (SSSR count). The Hall–Kier alpha value is -1.71. The van der Waals surface area contributed by atoms with Gasteiger partial charge in [-0.1, -0.05) is 18.6 Å². The van der Waals surface area contributed by atoms with Gasteiger partial charge in [0, 0.05) is 5.56 Å². The Morgan fingerprint density at radius 2 is 2.12 bits per heavy atom. The third-order valence-electron chi connectivity index (χ3n) is 3.35. The summed E-state index contributed by atoms with van der Waals surface area (Å²) in [5, 5.41) is 19.2. The molecule has 0 atom stereocenters. The summed E-state index contributed by atoms with van der Waals surface area (Å²) in [5.41, 5.74) is -0.455. The van der Waals surface area contributed by atoms with Crippen molar-refractivity contribution in [2.24, 2.45) is 0 Å². The van der Waals surface area contributed by atoms with Crippen molar-refractivity contribution in [3.63, 3.8) is 0 Å². The van der Waals surface area contributed by atoms with Gasteiger partial charge in [0.2, 0.25) is 0 Å². The van der Waals surface area contributed by atoms with Crippen molar-refractivity contribution in [1.82, 2.24) is 0 Å². The van der Waals surface area contributed by atoms with Crippen molar-refractivity contribution in [3.8, 4) is 11.5 Å². The van der Waals surface area contributed by atoms with E-state index in [1.165, 1.54) is 7.11 Å². The van der Waals surface area contributed by atoms with Crippen LogP contribution in [0.4, 0.5) is 0 Å². The summed E-state index contributed by atoms with van der Waals surface area (Å²) in [4.78, 5) is 11.3. The number of ether oxygens (including phenoxy) is 1. The summed E-state index contributed by atoms with van der Waals surface area (Å²) >= 11 is 0. The molecule has 1 aliphatic carbocycles. The normalized spacial score (nSPS) is 17.6. The van der Waals surface area contributed by atoms with Gasteiger partial charge in [0.15, 0.2) is 11.5 Å². The highest BCUT2D eigenvalue weighted by Gasteiger charge is 2.47. The minimum absolute atomic E-state index is 0.0490. The average Bonchev–Trinajstić information content (AvgIpc) is 2.18. The number of carboxylic acid groups (broad SMARTS) is 1. The molecule has 0 heterocycles. The van der Waals surface area contributed by atoms with Crippen molar-refractivity contribution >= 4 is 5.97 Å². The van der Waals surface area contributed by atoms with Crippen LogP contribution in [0.5, 0.6) is 11.5 Å². The molecule has 0 unspecified atom stereocenters. The molecule has 16 heavy (non-hydrogen) atoms. The number of aliphatic carboxylic acids is 1. The molecule has 0 aromatic heterocycles. The van der Waals surface area contributed by atoms with Gasteiger partial charge in [0.25, 0.3) is 0 Å². The van der Waals surface area contributed by atoms with Crippen LogP contribution in [0.3, 0.4) is 0 Å². The largest absolute Gasteiger partial charge is 0.504 e. The molecule has 0 bridgehead atoms. The highest BCUT2D eigenvalue weighted by atomic mass is 16.5. The fourth-order valence-electron chi connectivity index (χ4n) is 2.20. The number of methoxy groups -OCH3 is 1. The molecule has 0 spiro atoms. The molecular weight excluding hydrogens is 208 g/mol. The van der Waals surface area contributed by atoms with E-state index in [1.54, 1.807) is 18.2 Å². The Morgan fingerprint density at radius 3 is 2.56 bits per heavy atom. The zero-order valence-corrected chi connectivity index (χ0v) is 9.06. The van der Waals surface area contributed by atoms with E-state index in [9.17, 15) is 15.0 Å². The lowest BCUT2D eigenvalue weighted by molar-refractivity contribution is -0.147. The second-order valence-corrected chi connectivity index (χ2v) is 4.10. The summed E-state index contributed by atoms with van der Waals surface area (Å²) in [6, 6.07) is 4.98. The van der Waals surface area contributed by atoms with Crippen LogP contribution in [0.2, 0.25) is 0 Å². The standard InChI is InChI=1S/C12H14O4/c1-16-9-5-2-4-8(10(9)13)12(11(14)15)6-3-7-12/h2,4-5,13H,3,6-7H2,1H3,(H,14,15).